The van der Waals surface area contributed by atoms with E-state index in [4.69, 9.17) is 4.74 Å². The maximum absolute atomic E-state index is 12.6. The highest BCUT2D eigenvalue weighted by atomic mass is 32.2. The molecule has 1 amide bonds. The zero-order valence-electron chi connectivity index (χ0n) is 27.5. The first kappa shape index (κ1) is 32.7. The number of hydrogen-bond acceptors (Lipinski definition) is 7. The van der Waals surface area contributed by atoms with E-state index in [1.165, 1.54) is 46.7 Å². The number of amides is 1. The molecule has 0 atom stereocenters. The number of aromatic carboxylic acids is 1. The third kappa shape index (κ3) is 6.33. The third-order valence-electron chi connectivity index (χ3n) is 10.2. The number of anilines is 2. The molecule has 4 aromatic rings. The maximum atomic E-state index is 12.6. The molecule has 0 radical (unpaired) electrons. The van der Waals surface area contributed by atoms with E-state index in [0.717, 1.165) is 63.4 Å². The van der Waals surface area contributed by atoms with Gasteiger partial charge in [-0.3, -0.25) is 4.79 Å². The van der Waals surface area contributed by atoms with E-state index in [2.05, 4.69) is 21.6 Å². The Labute approximate surface area is 285 Å². The number of benzene rings is 2. The normalized spacial score (nSPS) is 18.2. The van der Waals surface area contributed by atoms with Gasteiger partial charge in [-0.2, -0.15) is 4.31 Å². The van der Waals surface area contributed by atoms with Gasteiger partial charge >= 0.3 is 5.97 Å². The molecule has 3 aliphatic rings. The van der Waals surface area contributed by atoms with Gasteiger partial charge in [0, 0.05) is 63.1 Å². The van der Waals surface area contributed by atoms with Crippen molar-refractivity contribution in [1.29, 1.82) is 0 Å². The van der Waals surface area contributed by atoms with Gasteiger partial charge in [0.2, 0.25) is 15.9 Å². The van der Waals surface area contributed by atoms with Crippen LogP contribution < -0.4 is 14.5 Å². The van der Waals surface area contributed by atoms with E-state index >= 15 is 0 Å². The fourth-order valence-electron chi connectivity index (χ4n) is 7.67. The molecule has 7 rings (SSSR count). The minimum atomic E-state index is -3.24. The number of fused-ring (bicyclic) bond motifs is 1. The molecule has 48 heavy (non-hydrogen) atoms. The summed E-state index contributed by atoms with van der Waals surface area (Å²) in [6.07, 6.45) is 8.49. The average Bonchev–Trinajstić information content (AvgIpc) is 3.79. The SMILES string of the molecule is Cn1c(-c2ccc(OCc3cc(N4CCCC4=O)ccc3N3CCN(S(C)(=O)=O)CC3)cc2)c(C2CCCCC2)c2sc(C(=O)O)cc21. The number of hydrogen-bond donors (Lipinski definition) is 1. The summed E-state index contributed by atoms with van der Waals surface area (Å²) < 4.78 is 35.4. The van der Waals surface area contributed by atoms with E-state index in [1.807, 2.05) is 42.3 Å². The molecule has 0 unspecified atom stereocenters. The number of nitrogens with zero attached hydrogens (tertiary/aromatic N) is 4. The summed E-state index contributed by atoms with van der Waals surface area (Å²) in [5, 5.41) is 9.70. The Morgan fingerprint density at radius 3 is 2.33 bits per heavy atom. The van der Waals surface area contributed by atoms with E-state index in [1.54, 1.807) is 6.07 Å². The fourth-order valence-corrected chi connectivity index (χ4v) is 9.65. The lowest BCUT2D eigenvalue weighted by molar-refractivity contribution is -0.117. The third-order valence-corrected chi connectivity index (χ3v) is 12.6. The van der Waals surface area contributed by atoms with Crippen molar-refractivity contribution < 1.29 is 27.9 Å². The van der Waals surface area contributed by atoms with Crippen LogP contribution in [0.5, 0.6) is 5.75 Å². The molecule has 3 fully saturated rings. The lowest BCUT2D eigenvalue weighted by atomic mass is 9.83. The zero-order valence-corrected chi connectivity index (χ0v) is 29.1. The van der Waals surface area contributed by atoms with Crippen molar-refractivity contribution >= 4 is 54.8 Å². The molecular weight excluding hydrogens is 649 g/mol. The Bertz CT molecular complexity index is 1950. The van der Waals surface area contributed by atoms with Gasteiger partial charge in [-0.15, -0.1) is 11.3 Å². The molecule has 1 N–H and O–H groups in total. The number of piperazine rings is 1. The van der Waals surface area contributed by atoms with Gasteiger partial charge in [0.15, 0.2) is 0 Å². The molecular formula is C36H42N4O6S2. The monoisotopic (exact) mass is 690 g/mol. The van der Waals surface area contributed by atoms with Gasteiger partial charge in [0.05, 0.1) is 22.2 Å². The molecule has 0 bridgehead atoms. The van der Waals surface area contributed by atoms with Crippen molar-refractivity contribution in [3.63, 3.8) is 0 Å². The van der Waals surface area contributed by atoms with Crippen LogP contribution in [0.25, 0.3) is 21.5 Å². The first-order valence-corrected chi connectivity index (χ1v) is 19.5. The molecule has 1 aliphatic carbocycles. The number of sulfonamides is 1. The highest BCUT2D eigenvalue weighted by molar-refractivity contribution is 7.88. The van der Waals surface area contributed by atoms with Crippen molar-refractivity contribution in [2.45, 2.75) is 57.5 Å². The van der Waals surface area contributed by atoms with Crippen LogP contribution in [0.3, 0.4) is 0 Å². The van der Waals surface area contributed by atoms with Crippen molar-refractivity contribution in [3.05, 3.63) is 64.5 Å². The average molecular weight is 691 g/mol. The van der Waals surface area contributed by atoms with E-state index < -0.39 is 16.0 Å². The number of rotatable bonds is 9. The van der Waals surface area contributed by atoms with Crippen LogP contribution in [0.15, 0.2) is 48.5 Å². The van der Waals surface area contributed by atoms with Crippen LogP contribution in [0.4, 0.5) is 11.4 Å². The number of ether oxygens (including phenoxy) is 1. The fraction of sp³-hybridized carbons (Fsp3) is 0.444. The first-order chi connectivity index (χ1) is 23.1. The summed E-state index contributed by atoms with van der Waals surface area (Å²) in [5.74, 6) is 0.365. The second-order valence-electron chi connectivity index (χ2n) is 13.2. The number of carbonyl (C=O) groups excluding carboxylic acids is 1. The van der Waals surface area contributed by atoms with Crippen molar-refractivity contribution in [2.24, 2.45) is 7.05 Å². The standard InChI is InChI=1S/C36H42N4O6S2/c1-37-30-22-31(36(42)43)47-35(30)33(24-7-4-3-5-8-24)34(37)25-10-13-28(14-11-25)46-23-26-21-27(40-16-6-9-32(40)41)12-15-29(26)38-17-19-39(20-18-38)48(2,44)45/h10-15,21-22,24H,3-9,16-20,23H2,1-2H3,(H,42,43). The minimum absolute atomic E-state index is 0.124. The Morgan fingerprint density at radius 1 is 0.958 bits per heavy atom. The zero-order chi connectivity index (χ0) is 33.6. The van der Waals surface area contributed by atoms with Gasteiger partial charge < -0.3 is 24.2 Å². The second-order valence-corrected chi connectivity index (χ2v) is 16.2. The quantitative estimate of drug-likeness (QED) is 0.215. The Balaban J connectivity index is 1.15. The van der Waals surface area contributed by atoms with E-state index in [9.17, 15) is 23.1 Å². The Morgan fingerprint density at radius 2 is 1.69 bits per heavy atom. The number of carboxylic acids is 1. The topological polar surface area (TPSA) is 112 Å². The van der Waals surface area contributed by atoms with Gasteiger partial charge in [-0.1, -0.05) is 19.3 Å². The van der Waals surface area contributed by atoms with Crippen LogP contribution in [-0.2, 0) is 28.5 Å². The van der Waals surface area contributed by atoms with Crippen LogP contribution in [0.1, 0.15) is 71.7 Å². The lowest BCUT2D eigenvalue weighted by Gasteiger charge is -2.36. The van der Waals surface area contributed by atoms with Crippen molar-refractivity contribution in [2.75, 3.05) is 48.8 Å². The minimum Gasteiger partial charge on any atom is -0.489 e. The molecule has 2 aromatic heterocycles. The summed E-state index contributed by atoms with van der Waals surface area (Å²) in [5.41, 5.74) is 7.24. The molecule has 2 saturated heterocycles. The smallest absolute Gasteiger partial charge is 0.345 e. The van der Waals surface area contributed by atoms with Crippen LogP contribution >= 0.6 is 11.3 Å². The summed E-state index contributed by atoms with van der Waals surface area (Å²) in [6.45, 7) is 2.98. The molecule has 10 nitrogen and oxygen atoms in total. The number of carbonyl (C=O) groups is 2. The summed E-state index contributed by atoms with van der Waals surface area (Å²) in [6, 6.07) is 16.0. The van der Waals surface area contributed by atoms with Crippen LogP contribution in [0.2, 0.25) is 0 Å². The van der Waals surface area contributed by atoms with Gasteiger partial charge in [0.25, 0.3) is 0 Å². The van der Waals surface area contributed by atoms with Crippen LogP contribution in [-0.4, -0.2) is 73.3 Å². The molecule has 4 heterocycles. The first-order valence-electron chi connectivity index (χ1n) is 16.8. The molecule has 2 aliphatic heterocycles. The Kier molecular flexibility index (Phi) is 8.99. The summed E-state index contributed by atoms with van der Waals surface area (Å²) in [4.78, 5) is 28.8. The van der Waals surface area contributed by atoms with Crippen LogP contribution in [0, 0.1) is 0 Å². The number of thiophene rings is 1. The molecule has 1 saturated carbocycles. The van der Waals surface area contributed by atoms with E-state index in [0.29, 0.717) is 56.5 Å². The molecule has 2 aromatic carbocycles. The molecule has 254 valence electrons. The summed E-state index contributed by atoms with van der Waals surface area (Å²) in [7, 11) is -1.21. The maximum Gasteiger partial charge on any atom is 0.345 e. The lowest BCUT2D eigenvalue weighted by Crippen LogP contribution is -2.48. The number of aromatic nitrogens is 1. The van der Waals surface area contributed by atoms with Crippen molar-refractivity contribution in [3.8, 4) is 17.0 Å². The summed E-state index contributed by atoms with van der Waals surface area (Å²) >= 11 is 1.38. The van der Waals surface area contributed by atoms with Crippen molar-refractivity contribution in [1.82, 2.24) is 8.87 Å². The second kappa shape index (κ2) is 13.2. The predicted octanol–water partition coefficient (Wildman–Crippen LogP) is 6.44. The van der Waals surface area contributed by atoms with E-state index in [-0.39, 0.29) is 5.91 Å². The Hall–Kier alpha value is -3.87. The predicted molar refractivity (Wildman–Crippen MR) is 190 cm³/mol. The largest absolute Gasteiger partial charge is 0.489 e. The number of carboxylic acid groups (broad SMARTS) is 1. The van der Waals surface area contributed by atoms with Gasteiger partial charge in [-0.25, -0.2) is 13.2 Å². The molecule has 0 spiro atoms. The van der Waals surface area contributed by atoms with Gasteiger partial charge in [-0.05, 0) is 84.8 Å². The highest BCUT2D eigenvalue weighted by Crippen LogP contribution is 2.46. The number of aryl methyl sites for hydroxylation is 1. The molecule has 12 heteroatoms. The highest BCUT2D eigenvalue weighted by Gasteiger charge is 2.29. The van der Waals surface area contributed by atoms with Gasteiger partial charge in [0.1, 0.15) is 17.2 Å².